The molecule has 0 amide bonds. The van der Waals surface area contributed by atoms with Gasteiger partial charge >= 0.3 is 11.9 Å². The minimum atomic E-state index is -4.62. The van der Waals surface area contributed by atoms with E-state index in [-0.39, 0.29) is 11.4 Å². The fourth-order valence-corrected chi connectivity index (χ4v) is 5.60. The van der Waals surface area contributed by atoms with Gasteiger partial charge < -0.3 is 10.2 Å². The van der Waals surface area contributed by atoms with Gasteiger partial charge in [0.15, 0.2) is 0 Å². The van der Waals surface area contributed by atoms with E-state index >= 15 is 0 Å². The van der Waals surface area contributed by atoms with Crippen LogP contribution in [0, 0.1) is 0 Å². The topological polar surface area (TPSA) is 98.7 Å². The highest BCUT2D eigenvalue weighted by atomic mass is 19.4. The molecule has 1 aromatic carbocycles. The van der Waals surface area contributed by atoms with Crippen molar-refractivity contribution in [2.75, 3.05) is 31.1 Å². The molecular formula is C30H26F3N9O. The molecule has 1 fully saturated rings. The molecule has 13 heteroatoms. The molecule has 0 aliphatic carbocycles. The summed E-state index contributed by atoms with van der Waals surface area (Å²) >= 11 is 0. The van der Waals surface area contributed by atoms with E-state index < -0.39 is 17.4 Å². The molecule has 1 N–H and O–H groups in total. The summed E-state index contributed by atoms with van der Waals surface area (Å²) in [7, 11) is 3.40. The van der Waals surface area contributed by atoms with Crippen LogP contribution in [0.25, 0.3) is 50.3 Å². The fourth-order valence-electron chi connectivity index (χ4n) is 5.60. The van der Waals surface area contributed by atoms with Crippen LogP contribution in [-0.2, 0) is 20.3 Å². The predicted octanol–water partition coefficient (Wildman–Crippen LogP) is 4.16. The van der Waals surface area contributed by atoms with Gasteiger partial charge in [0, 0.05) is 69.5 Å². The quantitative estimate of drug-likeness (QED) is 0.332. The third-order valence-electron chi connectivity index (χ3n) is 7.79. The van der Waals surface area contributed by atoms with Crippen molar-refractivity contribution in [2.24, 2.45) is 14.1 Å². The van der Waals surface area contributed by atoms with Crippen LogP contribution in [0.2, 0.25) is 0 Å². The first-order chi connectivity index (χ1) is 20.7. The van der Waals surface area contributed by atoms with Gasteiger partial charge in [-0.05, 0) is 42.5 Å². The van der Waals surface area contributed by atoms with E-state index in [1.54, 1.807) is 53.4 Å². The highest BCUT2D eigenvalue weighted by molar-refractivity contribution is 6.01. The van der Waals surface area contributed by atoms with E-state index in [0.29, 0.717) is 53.9 Å². The minimum Gasteiger partial charge on any atom is -0.368 e. The Kier molecular flexibility index (Phi) is 6.27. The van der Waals surface area contributed by atoms with Crippen LogP contribution in [0.4, 0.5) is 18.9 Å². The summed E-state index contributed by atoms with van der Waals surface area (Å²) in [5.41, 5.74) is 3.58. The van der Waals surface area contributed by atoms with Gasteiger partial charge in [0.05, 0.1) is 46.1 Å². The number of anilines is 1. The molecule has 0 bridgehead atoms. The molecule has 1 aliphatic heterocycles. The average Bonchev–Trinajstić information content (AvgIpc) is 3.57. The van der Waals surface area contributed by atoms with Crippen LogP contribution in [0.3, 0.4) is 0 Å². The number of piperazine rings is 1. The van der Waals surface area contributed by atoms with E-state index in [9.17, 15) is 18.0 Å². The Morgan fingerprint density at radius 3 is 2.37 bits per heavy atom. The molecule has 1 saturated heterocycles. The largest absolute Gasteiger partial charge is 0.418 e. The third kappa shape index (κ3) is 4.61. The summed E-state index contributed by atoms with van der Waals surface area (Å²) in [5.74, 6) is 0. The van der Waals surface area contributed by atoms with Crippen molar-refractivity contribution in [3.8, 4) is 28.2 Å². The van der Waals surface area contributed by atoms with Crippen LogP contribution in [-0.4, -0.2) is 60.0 Å². The SMILES string of the molecule is Cn1cc(-c2ccc(-c3ccc4ncc5c(c4n3)n(-c3ccc(N4CCNCC4)c(C(F)(F)F)c3)c(=O)n5C)cn2)cn1. The maximum absolute atomic E-state index is 14.4. The number of aromatic nitrogens is 7. The van der Waals surface area contributed by atoms with Gasteiger partial charge in [-0.25, -0.2) is 9.78 Å². The number of pyridine rings is 3. The van der Waals surface area contributed by atoms with Gasteiger partial charge in [0.1, 0.15) is 11.0 Å². The number of alkyl halides is 3. The van der Waals surface area contributed by atoms with Gasteiger partial charge in [-0.3, -0.25) is 23.8 Å². The number of rotatable bonds is 4. The molecule has 43 heavy (non-hydrogen) atoms. The molecule has 0 radical (unpaired) electrons. The molecule has 7 rings (SSSR count). The van der Waals surface area contributed by atoms with Crippen molar-refractivity contribution in [1.82, 2.24) is 39.2 Å². The second-order valence-electron chi connectivity index (χ2n) is 10.5. The number of fused-ring (bicyclic) bond motifs is 3. The van der Waals surface area contributed by atoms with Crippen LogP contribution in [0.15, 0.2) is 72.0 Å². The monoisotopic (exact) mass is 585 g/mol. The minimum absolute atomic E-state index is 0.0974. The third-order valence-corrected chi connectivity index (χ3v) is 7.79. The number of hydrogen-bond acceptors (Lipinski definition) is 7. The van der Waals surface area contributed by atoms with Crippen molar-refractivity contribution in [1.29, 1.82) is 0 Å². The zero-order chi connectivity index (χ0) is 29.9. The summed E-state index contributed by atoms with van der Waals surface area (Å²) < 4.78 is 47.5. The van der Waals surface area contributed by atoms with Crippen molar-refractivity contribution >= 4 is 27.8 Å². The Morgan fingerprint density at radius 1 is 0.884 bits per heavy atom. The van der Waals surface area contributed by atoms with Crippen molar-refractivity contribution in [3.05, 3.63) is 83.3 Å². The van der Waals surface area contributed by atoms with E-state index in [2.05, 4.69) is 20.4 Å². The first kappa shape index (κ1) is 26.8. The summed E-state index contributed by atoms with van der Waals surface area (Å²) in [6, 6.07) is 11.4. The summed E-state index contributed by atoms with van der Waals surface area (Å²) in [6.07, 6.45) is 2.23. The van der Waals surface area contributed by atoms with Gasteiger partial charge in [-0.15, -0.1) is 0 Å². The Hall–Kier alpha value is -5.04. The smallest absolute Gasteiger partial charge is 0.368 e. The maximum atomic E-state index is 14.4. The first-order valence-corrected chi connectivity index (χ1v) is 13.7. The standard InChI is InChI=1S/C30H26F3N9O/c1-39-17-19(15-37-39)22-5-3-18(14-35-22)23-6-7-24-27(38-23)28-26(16-36-24)40(2)29(43)42(28)20-4-8-25(21(13-20)30(31,32)33)41-11-9-34-10-12-41/h3-8,13-17,34H,9-12H2,1-2H3. The molecule has 5 aromatic heterocycles. The van der Waals surface area contributed by atoms with Crippen LogP contribution >= 0.6 is 0 Å². The molecule has 6 heterocycles. The molecular weight excluding hydrogens is 559 g/mol. The molecule has 0 spiro atoms. The fraction of sp³-hybridized carbons (Fsp3) is 0.233. The normalized spacial score (nSPS) is 14.2. The van der Waals surface area contributed by atoms with Crippen molar-refractivity contribution in [2.45, 2.75) is 6.18 Å². The summed E-state index contributed by atoms with van der Waals surface area (Å²) in [5, 5.41) is 7.35. The zero-order valence-electron chi connectivity index (χ0n) is 23.3. The number of aryl methyl sites for hydroxylation is 2. The number of nitrogens with one attached hydrogen (secondary N) is 1. The molecule has 1 aliphatic rings. The van der Waals surface area contributed by atoms with Crippen molar-refractivity contribution < 1.29 is 13.2 Å². The predicted molar refractivity (Wildman–Crippen MR) is 157 cm³/mol. The number of imidazole rings is 1. The second kappa shape index (κ2) is 10.1. The Balaban J connectivity index is 1.39. The average molecular weight is 586 g/mol. The van der Waals surface area contributed by atoms with E-state index in [1.807, 2.05) is 25.4 Å². The Bertz CT molecular complexity index is 2050. The molecule has 218 valence electrons. The lowest BCUT2D eigenvalue weighted by atomic mass is 10.1. The number of benzene rings is 1. The van der Waals surface area contributed by atoms with Gasteiger partial charge in [0.2, 0.25) is 0 Å². The summed E-state index contributed by atoms with van der Waals surface area (Å²) in [4.78, 5) is 29.2. The Labute approximate surface area is 243 Å². The molecule has 0 unspecified atom stereocenters. The molecule has 0 atom stereocenters. The first-order valence-electron chi connectivity index (χ1n) is 13.7. The Morgan fingerprint density at radius 2 is 1.67 bits per heavy atom. The van der Waals surface area contributed by atoms with Crippen molar-refractivity contribution in [3.63, 3.8) is 0 Å². The van der Waals surface area contributed by atoms with Crippen LogP contribution < -0.4 is 15.9 Å². The van der Waals surface area contributed by atoms with E-state index in [0.717, 1.165) is 22.9 Å². The van der Waals surface area contributed by atoms with Gasteiger partial charge in [0.25, 0.3) is 0 Å². The number of nitrogens with zero attached hydrogens (tertiary/aromatic N) is 8. The highest BCUT2D eigenvalue weighted by Gasteiger charge is 2.36. The summed E-state index contributed by atoms with van der Waals surface area (Å²) in [6.45, 7) is 2.10. The molecule has 6 aromatic rings. The van der Waals surface area contributed by atoms with Crippen LogP contribution in [0.1, 0.15) is 5.56 Å². The molecule has 0 saturated carbocycles. The lowest BCUT2D eigenvalue weighted by Crippen LogP contribution is -2.44. The van der Waals surface area contributed by atoms with E-state index in [1.165, 1.54) is 15.2 Å². The zero-order valence-corrected chi connectivity index (χ0v) is 23.3. The number of halogens is 3. The maximum Gasteiger partial charge on any atom is 0.418 e. The van der Waals surface area contributed by atoms with E-state index in [4.69, 9.17) is 4.98 Å². The van der Waals surface area contributed by atoms with Gasteiger partial charge in [-0.2, -0.15) is 18.3 Å². The number of hydrogen-bond donors (Lipinski definition) is 1. The second-order valence-corrected chi connectivity index (χ2v) is 10.5. The molecule has 10 nitrogen and oxygen atoms in total. The van der Waals surface area contributed by atoms with Crippen LogP contribution in [0.5, 0.6) is 0 Å². The highest BCUT2D eigenvalue weighted by Crippen LogP contribution is 2.39. The van der Waals surface area contributed by atoms with Gasteiger partial charge in [-0.1, -0.05) is 0 Å². The lowest BCUT2D eigenvalue weighted by molar-refractivity contribution is -0.137. The lowest BCUT2D eigenvalue weighted by Gasteiger charge is -2.31.